The highest BCUT2D eigenvalue weighted by atomic mass is 16.3. The van der Waals surface area contributed by atoms with Crippen LogP contribution in [0, 0.1) is 0 Å². The monoisotopic (exact) mass is 905 g/mol. The lowest BCUT2D eigenvalue weighted by Gasteiger charge is -2.53. The molecule has 0 saturated carbocycles. The molecule has 5 aliphatic rings. The van der Waals surface area contributed by atoms with Crippen molar-refractivity contribution in [2.75, 3.05) is 31.1 Å². The maximum atomic E-state index is 15.5. The van der Waals surface area contributed by atoms with E-state index in [9.17, 15) is 10.2 Å². The Labute approximate surface area is 401 Å². The van der Waals surface area contributed by atoms with Gasteiger partial charge in [0.05, 0.1) is 5.56 Å². The topological polar surface area (TPSA) is 86.8 Å². The Morgan fingerprint density at radius 3 is 1.39 bits per heavy atom. The summed E-state index contributed by atoms with van der Waals surface area (Å²) in [5, 5.41) is 43.3. The predicted octanol–water partition coefficient (Wildman–Crippen LogP) is 13.0. The summed E-state index contributed by atoms with van der Waals surface area (Å²) < 4.78 is 2.57. The van der Waals surface area contributed by atoms with Gasteiger partial charge in [-0.2, -0.15) is 0 Å². The Balaban J connectivity index is 1.56. The summed E-state index contributed by atoms with van der Waals surface area (Å²) in [7, 11) is 0. The molecule has 0 fully saturated rings. The quantitative estimate of drug-likeness (QED) is 0.0970. The third kappa shape index (κ3) is 8.82. The van der Waals surface area contributed by atoms with Crippen LogP contribution in [0.1, 0.15) is 263 Å². The van der Waals surface area contributed by atoms with Gasteiger partial charge in [0.1, 0.15) is 24.6 Å². The molecule has 6 nitrogen and oxygen atoms in total. The van der Waals surface area contributed by atoms with Gasteiger partial charge in [-0.05, 0) is 87.3 Å². The summed E-state index contributed by atoms with van der Waals surface area (Å²) in [6.45, 7) is 22.2. The number of carbonyl (C=O) groups excluding carboxylic acids is 1. The molecule has 0 spiro atoms. The van der Waals surface area contributed by atoms with Gasteiger partial charge in [-0.15, -0.1) is 0 Å². The fourth-order valence-electron chi connectivity index (χ4n) is 14.3. The van der Waals surface area contributed by atoms with Gasteiger partial charge in [-0.3, -0.25) is 4.79 Å². The van der Waals surface area contributed by atoms with Gasteiger partial charge in [0.2, 0.25) is 5.36 Å². The summed E-state index contributed by atoms with van der Waals surface area (Å²) in [4.78, 5) is 18.0. The number of hydrogen-bond acceptors (Lipinski definition) is 5. The Kier molecular flexibility index (Phi) is 16.5. The molecule has 2 N–H and O–H groups in total. The van der Waals surface area contributed by atoms with E-state index in [1.54, 1.807) is 0 Å². The highest BCUT2D eigenvalue weighted by Gasteiger charge is 2.51. The van der Waals surface area contributed by atoms with Crippen molar-refractivity contribution in [3.8, 4) is 11.5 Å². The zero-order valence-electron chi connectivity index (χ0n) is 43.4. The molecule has 0 unspecified atom stereocenters. The molecule has 0 radical (unpaired) electrons. The van der Waals surface area contributed by atoms with Crippen LogP contribution in [0.15, 0.2) is 17.9 Å². The third-order valence-corrected chi connectivity index (χ3v) is 18.3. The molecule has 7 rings (SSSR count). The summed E-state index contributed by atoms with van der Waals surface area (Å²) in [5.41, 5.74) is 6.08. The van der Waals surface area contributed by atoms with Gasteiger partial charge < -0.3 is 20.2 Å². The lowest BCUT2D eigenvalue weighted by atomic mass is 9.60. The molecule has 2 aromatic rings. The molecule has 2 aromatic carbocycles. The van der Waals surface area contributed by atoms with Gasteiger partial charge in [0.25, 0.3) is 0 Å². The molecule has 4 heterocycles. The number of anilines is 1. The fourth-order valence-corrected chi connectivity index (χ4v) is 14.3. The average Bonchev–Trinajstić information content (AvgIpc) is 3.33. The van der Waals surface area contributed by atoms with Crippen LogP contribution in [0.4, 0.5) is 5.69 Å². The molecule has 366 valence electrons. The predicted molar refractivity (Wildman–Crippen MR) is 275 cm³/mol. The van der Waals surface area contributed by atoms with Crippen LogP contribution < -0.4 is 25.2 Å². The number of Topliss-reactive ketones (excluding diaryl/α,β-unsaturated/α-hetero) is 1. The second kappa shape index (κ2) is 21.6. The fraction of sp³-hybridized carbons (Fsp3) is 0.733. The molecule has 4 aliphatic heterocycles. The van der Waals surface area contributed by atoms with Gasteiger partial charge in [0, 0.05) is 80.9 Å². The standard InChI is InChI=1S/C60H92N2O4/c1-9-17-25-57(26-18-10-2)33-37-61-39-35-59(29-21-13-5,30-22-14-6)49-51(61)45(57)41-43(53(49)63)47-55(65)48(56(47)66)44-42-46-52-50(54(44)64)60(31-23-15-7,32-24-16-8)36-40-62(52)38-34-58(46,27-19-11-3)28-20-12-4/h41-42H,9-40H2,1-8H3,(H2,63,64,65,66). The van der Waals surface area contributed by atoms with Crippen molar-refractivity contribution in [1.82, 2.24) is 4.58 Å². The SMILES string of the molecule is CCCCC1(CCCC)CCN2CCC(CCCC)(CCCC)c3c(O)c(C4=C([O-])/C(=c5/cc6c7c(c5O)C(CCCC)(CCCC)CC[N+]=7CCC6(CCCC)CCCC)C4=O)cc1c32. The Hall–Kier alpha value is -3.28. The molecule has 6 heteroatoms. The van der Waals surface area contributed by atoms with Gasteiger partial charge >= 0.3 is 0 Å². The first kappa shape index (κ1) is 50.6. The Morgan fingerprint density at radius 2 is 0.939 bits per heavy atom. The number of benzene rings is 2. The number of aromatic hydroxyl groups is 2. The van der Waals surface area contributed by atoms with Crippen molar-refractivity contribution in [1.29, 1.82) is 0 Å². The maximum Gasteiger partial charge on any atom is 0.211 e. The van der Waals surface area contributed by atoms with Crippen molar-refractivity contribution in [3.05, 3.63) is 56.3 Å². The van der Waals surface area contributed by atoms with E-state index in [-0.39, 0.29) is 55.8 Å². The smallest absolute Gasteiger partial charge is 0.211 e. The zero-order chi connectivity index (χ0) is 47.3. The van der Waals surface area contributed by atoms with E-state index in [1.807, 2.05) is 0 Å². The second-order valence-corrected chi connectivity index (χ2v) is 22.4. The lowest BCUT2D eigenvalue weighted by Crippen LogP contribution is -2.56. The van der Waals surface area contributed by atoms with Crippen molar-refractivity contribution in [3.63, 3.8) is 0 Å². The number of phenols is 2. The van der Waals surface area contributed by atoms with E-state index in [0.29, 0.717) is 10.8 Å². The van der Waals surface area contributed by atoms with Crippen molar-refractivity contribution >= 4 is 22.6 Å². The molecule has 0 saturated heterocycles. The number of ketones is 1. The molecule has 0 bridgehead atoms. The lowest BCUT2D eigenvalue weighted by molar-refractivity contribution is -0.293. The Bertz CT molecular complexity index is 2170. The van der Waals surface area contributed by atoms with E-state index < -0.39 is 0 Å². The van der Waals surface area contributed by atoms with Gasteiger partial charge in [-0.25, -0.2) is 4.58 Å². The second-order valence-electron chi connectivity index (χ2n) is 22.4. The van der Waals surface area contributed by atoms with E-state index in [0.717, 1.165) is 217 Å². The minimum Gasteiger partial charge on any atom is -0.871 e. The van der Waals surface area contributed by atoms with Crippen LogP contribution >= 0.6 is 0 Å². The number of unbranched alkanes of at least 4 members (excludes halogenated alkanes) is 8. The molecule has 0 aromatic heterocycles. The average molecular weight is 905 g/mol. The number of allylic oxidation sites excluding steroid dienone is 2. The molecular formula is C60H92N2O4. The summed E-state index contributed by atoms with van der Waals surface area (Å²) in [6.07, 6.45) is 30.1. The van der Waals surface area contributed by atoms with Crippen LogP contribution in [0.2, 0.25) is 0 Å². The van der Waals surface area contributed by atoms with E-state index in [2.05, 4.69) is 77.0 Å². The van der Waals surface area contributed by atoms with Crippen LogP contribution in [0.5, 0.6) is 11.5 Å². The van der Waals surface area contributed by atoms with Crippen molar-refractivity contribution in [2.24, 2.45) is 0 Å². The summed E-state index contributed by atoms with van der Waals surface area (Å²) in [6, 6.07) is 4.30. The molecule has 66 heavy (non-hydrogen) atoms. The normalized spacial score (nSPS) is 20.6. The summed E-state index contributed by atoms with van der Waals surface area (Å²) >= 11 is 0. The summed E-state index contributed by atoms with van der Waals surface area (Å²) in [5.74, 6) is -0.227. The Morgan fingerprint density at radius 1 is 0.530 bits per heavy atom. The van der Waals surface area contributed by atoms with Crippen LogP contribution in [-0.4, -0.2) is 42.2 Å². The van der Waals surface area contributed by atoms with Crippen LogP contribution in [0.25, 0.3) is 11.1 Å². The molecule has 0 atom stereocenters. The van der Waals surface area contributed by atoms with Crippen LogP contribution in [0.3, 0.4) is 0 Å². The van der Waals surface area contributed by atoms with Gasteiger partial charge in [-0.1, -0.05) is 164 Å². The van der Waals surface area contributed by atoms with Crippen molar-refractivity contribution < 1.29 is 20.1 Å². The highest BCUT2D eigenvalue weighted by molar-refractivity contribution is 6.51. The molecular weight excluding hydrogens is 813 g/mol. The number of carbonyl (C=O) groups is 1. The van der Waals surface area contributed by atoms with Gasteiger partial charge in [0.15, 0.2) is 5.78 Å². The van der Waals surface area contributed by atoms with E-state index in [1.165, 1.54) is 22.2 Å². The molecule has 0 amide bonds. The number of rotatable bonds is 25. The number of phenolic OH excluding ortho intramolecular Hbond substituents is 2. The van der Waals surface area contributed by atoms with E-state index in [4.69, 9.17) is 0 Å². The number of nitrogens with zero attached hydrogens (tertiary/aromatic N) is 2. The van der Waals surface area contributed by atoms with Crippen molar-refractivity contribution in [2.45, 2.75) is 257 Å². The highest BCUT2D eigenvalue weighted by Crippen LogP contribution is 2.60. The first-order valence-corrected chi connectivity index (χ1v) is 28.1. The zero-order valence-corrected chi connectivity index (χ0v) is 43.4. The first-order valence-electron chi connectivity index (χ1n) is 28.1. The van der Waals surface area contributed by atoms with Crippen LogP contribution in [-0.2, 0) is 26.5 Å². The largest absolute Gasteiger partial charge is 0.871 e. The third-order valence-electron chi connectivity index (χ3n) is 18.3. The first-order chi connectivity index (χ1) is 32.0. The van der Waals surface area contributed by atoms with E-state index >= 15 is 9.90 Å². The number of hydrogen-bond donors (Lipinski definition) is 2. The maximum absolute atomic E-state index is 15.5. The molecule has 1 aliphatic carbocycles. The minimum atomic E-state index is -0.294. The minimum absolute atomic E-state index is 0.0670.